The molecule has 1 fully saturated rings. The number of nitrogens with one attached hydrogen (secondary N) is 2. The van der Waals surface area contributed by atoms with Crippen LogP contribution in [0.25, 0.3) is 28.1 Å². The molecule has 2 N–H and O–H groups in total. The predicted octanol–water partition coefficient (Wildman–Crippen LogP) is 6.49. The van der Waals surface area contributed by atoms with Crippen LogP contribution in [-0.2, 0) is 10.3 Å². The molecule has 0 radical (unpaired) electrons. The van der Waals surface area contributed by atoms with Crippen LogP contribution < -0.4 is 5.32 Å². The van der Waals surface area contributed by atoms with Crippen molar-refractivity contribution in [1.29, 1.82) is 5.26 Å². The van der Waals surface area contributed by atoms with Gasteiger partial charge in [-0.1, -0.05) is 49.2 Å². The van der Waals surface area contributed by atoms with E-state index in [2.05, 4.69) is 79.7 Å². The second-order valence-corrected chi connectivity index (χ2v) is 9.47. The van der Waals surface area contributed by atoms with Crippen LogP contribution in [0.2, 0.25) is 0 Å². The van der Waals surface area contributed by atoms with Crippen molar-refractivity contribution in [3.63, 3.8) is 0 Å². The molecule has 1 amide bonds. The number of hydrogen-bond donors (Lipinski definition) is 2. The highest BCUT2D eigenvalue weighted by Crippen LogP contribution is 2.40. The Bertz CT molecular complexity index is 1420. The molecule has 5 nitrogen and oxygen atoms in total. The fraction of sp³-hybridized carbons (Fsp3) is 0.179. The number of H-pyrrole nitrogens is 1. The van der Waals surface area contributed by atoms with Crippen molar-refractivity contribution in [2.24, 2.45) is 0 Å². The molecular weight excluding hydrogens is 488 g/mol. The Hall–Kier alpha value is -3.69. The molecule has 5 rings (SSSR count). The summed E-state index contributed by atoms with van der Waals surface area (Å²) in [5.41, 5.74) is 4.61. The molecule has 0 aliphatic heterocycles. The van der Waals surface area contributed by atoms with Crippen molar-refractivity contribution in [3.8, 4) is 17.2 Å². The lowest BCUT2D eigenvalue weighted by Crippen LogP contribution is -2.44. The summed E-state index contributed by atoms with van der Waals surface area (Å²) in [5.74, 6) is -0.367. The molecule has 168 valence electrons. The first-order chi connectivity index (χ1) is 16.6. The highest BCUT2D eigenvalue weighted by atomic mass is 79.9. The van der Waals surface area contributed by atoms with Gasteiger partial charge in [-0.05, 0) is 87.3 Å². The van der Waals surface area contributed by atoms with Crippen molar-refractivity contribution < 1.29 is 4.79 Å². The van der Waals surface area contributed by atoms with Crippen LogP contribution in [0.3, 0.4) is 0 Å². The van der Waals surface area contributed by atoms with E-state index >= 15 is 0 Å². The van der Waals surface area contributed by atoms with E-state index in [1.54, 1.807) is 12.1 Å². The Kier molecular flexibility index (Phi) is 6.04. The largest absolute Gasteiger partial charge is 0.361 e. The average Bonchev–Trinajstić information content (AvgIpc) is 3.52. The van der Waals surface area contributed by atoms with Crippen LogP contribution in [0.1, 0.15) is 36.9 Å². The number of fused-ring (bicyclic) bond motifs is 1. The monoisotopic (exact) mass is 510 g/mol. The zero-order valence-corrected chi connectivity index (χ0v) is 20.1. The molecule has 0 unspecified atom stereocenters. The highest BCUT2D eigenvalue weighted by molar-refractivity contribution is 9.10. The van der Waals surface area contributed by atoms with Gasteiger partial charge < -0.3 is 10.3 Å². The number of carbonyl (C=O) groups is 1. The highest BCUT2D eigenvalue weighted by Gasteiger charge is 2.37. The van der Waals surface area contributed by atoms with Crippen molar-refractivity contribution >= 4 is 38.8 Å². The standard InChI is InChI=1S/C28H23BrN4O/c29-26-5-3-4-24(32-26)17-22(18-30)27(34)33-28(13-1-2-14-28)23-9-6-19(7-10-23)20-8-11-25-21(16-20)12-15-31-25/h3-12,15-17,31H,1-2,13-14H2,(H,33,34)/b22-17+. The zero-order chi connectivity index (χ0) is 23.5. The Morgan fingerprint density at radius 1 is 1.06 bits per heavy atom. The Labute approximate surface area is 206 Å². The normalized spacial score (nSPS) is 15.2. The molecule has 2 aromatic heterocycles. The molecule has 1 aliphatic rings. The summed E-state index contributed by atoms with van der Waals surface area (Å²) >= 11 is 3.33. The van der Waals surface area contributed by atoms with Crippen molar-refractivity contribution in [2.45, 2.75) is 31.2 Å². The first-order valence-electron chi connectivity index (χ1n) is 11.3. The number of nitrogens with zero attached hydrogens (tertiary/aromatic N) is 2. The minimum atomic E-state index is -0.471. The number of amides is 1. The van der Waals surface area contributed by atoms with Gasteiger partial charge in [0.2, 0.25) is 0 Å². The molecule has 6 heteroatoms. The lowest BCUT2D eigenvalue weighted by atomic mass is 9.86. The predicted molar refractivity (Wildman–Crippen MR) is 138 cm³/mol. The molecule has 4 aromatic rings. The van der Waals surface area contributed by atoms with Gasteiger partial charge in [0.25, 0.3) is 5.91 Å². The van der Waals surface area contributed by atoms with Gasteiger partial charge >= 0.3 is 0 Å². The molecule has 34 heavy (non-hydrogen) atoms. The number of pyridine rings is 1. The van der Waals surface area contributed by atoms with E-state index in [1.807, 2.05) is 18.3 Å². The average molecular weight is 511 g/mol. The maximum absolute atomic E-state index is 13.1. The molecule has 1 aliphatic carbocycles. The molecule has 0 bridgehead atoms. The number of carbonyl (C=O) groups excluding carboxylic acids is 1. The van der Waals surface area contributed by atoms with E-state index in [-0.39, 0.29) is 11.5 Å². The van der Waals surface area contributed by atoms with Gasteiger partial charge in [0.05, 0.1) is 11.2 Å². The fourth-order valence-electron chi connectivity index (χ4n) is 4.76. The number of rotatable bonds is 5. The van der Waals surface area contributed by atoms with Gasteiger partial charge in [-0.25, -0.2) is 4.98 Å². The SMILES string of the molecule is N#C/C(=C\c1cccc(Br)n1)C(=O)NC1(c2ccc(-c3ccc4[nH]ccc4c3)cc2)CCCC1. The summed E-state index contributed by atoms with van der Waals surface area (Å²) < 4.78 is 0.655. The number of nitriles is 1. The number of halogens is 1. The molecule has 1 saturated carbocycles. The Morgan fingerprint density at radius 3 is 2.56 bits per heavy atom. The summed E-state index contributed by atoms with van der Waals surface area (Å²) in [6.45, 7) is 0. The fourth-order valence-corrected chi connectivity index (χ4v) is 5.12. The lowest BCUT2D eigenvalue weighted by molar-refractivity contribution is -0.119. The van der Waals surface area contributed by atoms with E-state index in [9.17, 15) is 10.1 Å². The molecule has 0 spiro atoms. The molecule has 2 heterocycles. The lowest BCUT2D eigenvalue weighted by Gasteiger charge is -2.31. The van der Waals surface area contributed by atoms with E-state index in [4.69, 9.17) is 0 Å². The number of aromatic nitrogens is 2. The van der Waals surface area contributed by atoms with Gasteiger partial charge in [-0.2, -0.15) is 5.26 Å². The summed E-state index contributed by atoms with van der Waals surface area (Å²) in [4.78, 5) is 20.7. The third-order valence-corrected chi connectivity index (χ3v) is 6.97. The van der Waals surface area contributed by atoms with Gasteiger partial charge in [0, 0.05) is 11.7 Å². The minimum absolute atomic E-state index is 0.0494. The van der Waals surface area contributed by atoms with Crippen LogP contribution in [0.15, 0.2) is 83.1 Å². The summed E-state index contributed by atoms with van der Waals surface area (Å²) in [5, 5.41) is 14.0. The van der Waals surface area contributed by atoms with Crippen LogP contribution in [0.4, 0.5) is 0 Å². The van der Waals surface area contributed by atoms with Crippen LogP contribution >= 0.6 is 15.9 Å². The minimum Gasteiger partial charge on any atom is -0.361 e. The molecule has 0 saturated heterocycles. The van der Waals surface area contributed by atoms with Crippen molar-refractivity contribution in [2.75, 3.05) is 0 Å². The van der Waals surface area contributed by atoms with E-state index in [0.717, 1.165) is 47.9 Å². The second-order valence-electron chi connectivity index (χ2n) is 8.66. The van der Waals surface area contributed by atoms with Gasteiger partial charge in [-0.3, -0.25) is 4.79 Å². The first kappa shape index (κ1) is 22.1. The quantitative estimate of drug-likeness (QED) is 0.183. The molecular formula is C28H23BrN4O. The third kappa shape index (κ3) is 4.40. The van der Waals surface area contributed by atoms with Crippen molar-refractivity contribution in [1.82, 2.24) is 15.3 Å². The number of aromatic amines is 1. The summed E-state index contributed by atoms with van der Waals surface area (Å²) in [7, 11) is 0. The molecule has 0 atom stereocenters. The summed E-state index contributed by atoms with van der Waals surface area (Å²) in [6.07, 6.45) is 7.24. The smallest absolute Gasteiger partial charge is 0.262 e. The number of benzene rings is 2. The van der Waals surface area contributed by atoms with Crippen LogP contribution in [-0.4, -0.2) is 15.9 Å². The van der Waals surface area contributed by atoms with Crippen LogP contribution in [0.5, 0.6) is 0 Å². The van der Waals surface area contributed by atoms with Gasteiger partial charge in [-0.15, -0.1) is 0 Å². The van der Waals surface area contributed by atoms with Gasteiger partial charge in [0.15, 0.2) is 0 Å². The Morgan fingerprint density at radius 2 is 1.82 bits per heavy atom. The zero-order valence-electron chi connectivity index (χ0n) is 18.5. The topological polar surface area (TPSA) is 81.6 Å². The second kappa shape index (κ2) is 9.28. The van der Waals surface area contributed by atoms with Gasteiger partial charge in [0.1, 0.15) is 16.2 Å². The van der Waals surface area contributed by atoms with E-state index in [1.165, 1.54) is 11.5 Å². The maximum Gasteiger partial charge on any atom is 0.262 e. The third-order valence-electron chi connectivity index (χ3n) is 6.53. The van der Waals surface area contributed by atoms with E-state index < -0.39 is 5.54 Å². The van der Waals surface area contributed by atoms with E-state index in [0.29, 0.717) is 10.3 Å². The molecule has 2 aromatic carbocycles. The summed E-state index contributed by atoms with van der Waals surface area (Å²) in [6, 6.07) is 24.3. The maximum atomic E-state index is 13.1. The van der Waals surface area contributed by atoms with Crippen molar-refractivity contribution in [3.05, 3.63) is 94.4 Å². The first-order valence-corrected chi connectivity index (χ1v) is 12.1. The Balaban J connectivity index is 1.41. The van der Waals surface area contributed by atoms with Crippen LogP contribution in [0, 0.1) is 11.3 Å². The number of hydrogen-bond acceptors (Lipinski definition) is 3.